The Morgan fingerprint density at radius 2 is 1.76 bits per heavy atom. The lowest BCUT2D eigenvalue weighted by atomic mass is 9.95. The maximum Gasteiger partial charge on any atom is 0.293 e. The van der Waals surface area contributed by atoms with Gasteiger partial charge in [-0.1, -0.05) is 42.5 Å². The number of nitrogens with zero attached hydrogens (tertiary/aromatic N) is 2. The lowest BCUT2D eigenvalue weighted by Gasteiger charge is -2.33. The van der Waals surface area contributed by atoms with Crippen LogP contribution in [0.1, 0.15) is 28.8 Å². The fourth-order valence-corrected chi connectivity index (χ4v) is 4.23. The number of hydrogen-bond donors (Lipinski definition) is 1. The summed E-state index contributed by atoms with van der Waals surface area (Å²) >= 11 is 0. The SMILES string of the molecule is COc1ccccc1NC(=O)C1CCCN(c2ccc(C(=O)c3ccccc3)cc2[N+](=O)[O-])C1. The minimum Gasteiger partial charge on any atom is -0.495 e. The molecule has 0 bridgehead atoms. The zero-order valence-corrected chi connectivity index (χ0v) is 18.8. The summed E-state index contributed by atoms with van der Waals surface area (Å²) in [4.78, 5) is 39.0. The van der Waals surface area contributed by atoms with Gasteiger partial charge in [-0.15, -0.1) is 0 Å². The highest BCUT2D eigenvalue weighted by atomic mass is 16.6. The Labute approximate surface area is 197 Å². The quantitative estimate of drug-likeness (QED) is 0.312. The molecule has 1 N–H and O–H groups in total. The Morgan fingerprint density at radius 1 is 1.03 bits per heavy atom. The second-order valence-electron chi connectivity index (χ2n) is 8.13. The number of nitro groups is 1. The van der Waals surface area contributed by atoms with Gasteiger partial charge in [0.25, 0.3) is 5.69 Å². The van der Waals surface area contributed by atoms with E-state index >= 15 is 0 Å². The number of carbonyl (C=O) groups is 2. The average Bonchev–Trinajstić information content (AvgIpc) is 2.88. The van der Waals surface area contributed by atoms with E-state index < -0.39 is 4.92 Å². The topological polar surface area (TPSA) is 102 Å². The molecule has 3 aromatic rings. The Hall–Kier alpha value is -4.20. The van der Waals surface area contributed by atoms with Crippen LogP contribution in [-0.4, -0.2) is 36.8 Å². The van der Waals surface area contributed by atoms with Gasteiger partial charge in [-0.25, -0.2) is 0 Å². The monoisotopic (exact) mass is 459 g/mol. The van der Waals surface area contributed by atoms with Crippen molar-refractivity contribution in [3.63, 3.8) is 0 Å². The predicted octanol–water partition coefficient (Wildman–Crippen LogP) is 4.69. The molecule has 1 saturated heterocycles. The smallest absolute Gasteiger partial charge is 0.293 e. The van der Waals surface area contributed by atoms with E-state index in [9.17, 15) is 19.7 Å². The molecule has 0 spiro atoms. The number of nitrogens with one attached hydrogen (secondary N) is 1. The summed E-state index contributed by atoms with van der Waals surface area (Å²) in [5.41, 5.74) is 1.57. The first kappa shape index (κ1) is 23.0. The number of piperidine rings is 1. The number of benzene rings is 3. The first-order chi connectivity index (χ1) is 16.5. The van der Waals surface area contributed by atoms with E-state index in [2.05, 4.69) is 5.32 Å². The molecule has 174 valence electrons. The molecule has 0 radical (unpaired) electrons. The van der Waals surface area contributed by atoms with Crippen LogP contribution in [0.25, 0.3) is 0 Å². The molecule has 3 aromatic carbocycles. The standard InChI is InChI=1S/C26H25N3O5/c1-34-24-12-6-5-11-21(24)27-26(31)20-10-7-15-28(17-20)22-14-13-19(16-23(22)29(32)33)25(30)18-8-3-2-4-9-18/h2-6,8-9,11-14,16,20H,7,10,15,17H2,1H3,(H,27,31). The van der Waals surface area contributed by atoms with Gasteiger partial charge in [0.15, 0.2) is 5.78 Å². The first-order valence-electron chi connectivity index (χ1n) is 11.0. The third-order valence-corrected chi connectivity index (χ3v) is 5.97. The average molecular weight is 460 g/mol. The molecule has 1 fully saturated rings. The molecule has 34 heavy (non-hydrogen) atoms. The molecule has 8 nitrogen and oxygen atoms in total. The van der Waals surface area contributed by atoms with Crippen LogP contribution in [0.4, 0.5) is 17.1 Å². The van der Waals surface area contributed by atoms with Crippen LogP contribution in [0.5, 0.6) is 5.75 Å². The van der Waals surface area contributed by atoms with Gasteiger partial charge in [0.2, 0.25) is 5.91 Å². The molecular weight excluding hydrogens is 434 g/mol. The van der Waals surface area contributed by atoms with Crippen LogP contribution in [0, 0.1) is 16.0 Å². The molecule has 1 aliphatic rings. The van der Waals surface area contributed by atoms with Crippen molar-refractivity contribution in [2.24, 2.45) is 5.92 Å². The van der Waals surface area contributed by atoms with Gasteiger partial charge in [-0.05, 0) is 37.1 Å². The van der Waals surface area contributed by atoms with Crippen molar-refractivity contribution in [3.8, 4) is 5.75 Å². The van der Waals surface area contributed by atoms with Gasteiger partial charge in [-0.2, -0.15) is 0 Å². The minimum atomic E-state index is -0.477. The van der Waals surface area contributed by atoms with Gasteiger partial charge in [-0.3, -0.25) is 19.7 Å². The Balaban J connectivity index is 1.54. The summed E-state index contributed by atoms with van der Waals surface area (Å²) in [6.07, 6.45) is 1.39. The largest absolute Gasteiger partial charge is 0.495 e. The molecule has 4 rings (SSSR count). The Kier molecular flexibility index (Phi) is 6.87. The zero-order chi connectivity index (χ0) is 24.1. The molecule has 1 amide bonds. The van der Waals surface area contributed by atoms with E-state index in [1.54, 1.807) is 61.7 Å². The van der Waals surface area contributed by atoms with E-state index in [0.717, 1.165) is 0 Å². The number of amides is 1. The second-order valence-corrected chi connectivity index (χ2v) is 8.13. The van der Waals surface area contributed by atoms with E-state index in [-0.39, 0.29) is 28.9 Å². The predicted molar refractivity (Wildman–Crippen MR) is 130 cm³/mol. The fourth-order valence-electron chi connectivity index (χ4n) is 4.23. The zero-order valence-electron chi connectivity index (χ0n) is 18.8. The Morgan fingerprint density at radius 3 is 2.50 bits per heavy atom. The van der Waals surface area contributed by atoms with Crippen molar-refractivity contribution in [3.05, 3.63) is 94.0 Å². The van der Waals surface area contributed by atoms with E-state index in [4.69, 9.17) is 4.74 Å². The van der Waals surface area contributed by atoms with Crippen LogP contribution >= 0.6 is 0 Å². The maximum absolute atomic E-state index is 13.0. The van der Waals surface area contributed by atoms with Crippen molar-refractivity contribution in [2.45, 2.75) is 12.8 Å². The van der Waals surface area contributed by atoms with Gasteiger partial charge >= 0.3 is 0 Å². The van der Waals surface area contributed by atoms with E-state index in [1.165, 1.54) is 6.07 Å². The van der Waals surface area contributed by atoms with Crippen LogP contribution < -0.4 is 15.0 Å². The molecule has 1 unspecified atom stereocenters. The van der Waals surface area contributed by atoms with Crippen LogP contribution in [0.2, 0.25) is 0 Å². The molecular formula is C26H25N3O5. The van der Waals surface area contributed by atoms with Gasteiger partial charge in [0, 0.05) is 30.3 Å². The number of carbonyl (C=O) groups excluding carboxylic acids is 2. The summed E-state index contributed by atoms with van der Waals surface area (Å²) in [6.45, 7) is 0.930. The number of para-hydroxylation sites is 2. The minimum absolute atomic E-state index is 0.146. The van der Waals surface area contributed by atoms with Gasteiger partial charge < -0.3 is 15.0 Å². The number of methoxy groups -OCH3 is 1. The number of ether oxygens (including phenoxy) is 1. The maximum atomic E-state index is 13.0. The van der Waals surface area contributed by atoms with Crippen molar-refractivity contribution < 1.29 is 19.2 Å². The third-order valence-electron chi connectivity index (χ3n) is 5.97. The normalized spacial score (nSPS) is 15.4. The van der Waals surface area contributed by atoms with Crippen LogP contribution in [-0.2, 0) is 4.79 Å². The summed E-state index contributed by atoms with van der Waals surface area (Å²) in [5.74, 6) is -0.211. The van der Waals surface area contributed by atoms with Crippen molar-refractivity contribution in [1.82, 2.24) is 0 Å². The summed E-state index contributed by atoms with van der Waals surface area (Å²) in [6, 6.07) is 20.4. The lowest BCUT2D eigenvalue weighted by Crippen LogP contribution is -2.41. The number of rotatable bonds is 7. The third kappa shape index (κ3) is 4.91. The van der Waals surface area contributed by atoms with E-state index in [1.807, 2.05) is 17.0 Å². The summed E-state index contributed by atoms with van der Waals surface area (Å²) < 4.78 is 5.30. The molecule has 0 saturated carbocycles. The van der Waals surface area contributed by atoms with Crippen LogP contribution in [0.3, 0.4) is 0 Å². The van der Waals surface area contributed by atoms with Crippen LogP contribution in [0.15, 0.2) is 72.8 Å². The Bertz CT molecular complexity index is 1210. The number of nitro benzene ring substituents is 1. The van der Waals surface area contributed by atoms with Gasteiger partial charge in [0.05, 0.1) is 23.6 Å². The van der Waals surface area contributed by atoms with Crippen molar-refractivity contribution in [1.29, 1.82) is 0 Å². The summed E-state index contributed by atoms with van der Waals surface area (Å²) in [5, 5.41) is 14.8. The summed E-state index contributed by atoms with van der Waals surface area (Å²) in [7, 11) is 1.54. The highest BCUT2D eigenvalue weighted by molar-refractivity contribution is 6.09. The molecule has 0 aliphatic carbocycles. The number of hydrogen-bond acceptors (Lipinski definition) is 6. The lowest BCUT2D eigenvalue weighted by molar-refractivity contribution is -0.384. The van der Waals surface area contributed by atoms with Crippen molar-refractivity contribution in [2.75, 3.05) is 30.4 Å². The first-order valence-corrected chi connectivity index (χ1v) is 11.0. The van der Waals surface area contributed by atoms with Crippen molar-refractivity contribution >= 4 is 28.8 Å². The molecule has 1 atom stereocenters. The van der Waals surface area contributed by atoms with E-state index in [0.29, 0.717) is 48.6 Å². The highest BCUT2D eigenvalue weighted by Gasteiger charge is 2.30. The molecule has 0 aromatic heterocycles. The highest BCUT2D eigenvalue weighted by Crippen LogP contribution is 2.34. The molecule has 1 aliphatic heterocycles. The van der Waals surface area contributed by atoms with Gasteiger partial charge in [0.1, 0.15) is 11.4 Å². The fraction of sp³-hybridized carbons (Fsp3) is 0.231. The molecule has 1 heterocycles. The molecule has 8 heteroatoms. The number of ketones is 1. The second kappa shape index (κ2) is 10.2. The number of anilines is 2.